The lowest BCUT2D eigenvalue weighted by Crippen LogP contribution is -2.45. The van der Waals surface area contributed by atoms with E-state index in [1.165, 1.54) is 12.8 Å². The maximum absolute atomic E-state index is 12.5. The fourth-order valence-electron chi connectivity index (χ4n) is 3.67. The molecule has 1 atom stereocenters. The summed E-state index contributed by atoms with van der Waals surface area (Å²) in [5.74, 6) is -0.752. The minimum absolute atomic E-state index is 0.0103. The van der Waals surface area contributed by atoms with Gasteiger partial charge in [0.25, 0.3) is 0 Å². The predicted octanol–water partition coefficient (Wildman–Crippen LogP) is 2.56. The van der Waals surface area contributed by atoms with E-state index in [0.29, 0.717) is 32.0 Å². The summed E-state index contributed by atoms with van der Waals surface area (Å²) in [4.78, 5) is 27.6. The van der Waals surface area contributed by atoms with Gasteiger partial charge in [0.1, 0.15) is 0 Å². The van der Waals surface area contributed by atoms with Gasteiger partial charge in [-0.05, 0) is 25.7 Å². The number of carboxylic acids is 1. The second-order valence-electron chi connectivity index (χ2n) is 6.34. The van der Waals surface area contributed by atoms with Gasteiger partial charge in [-0.3, -0.25) is 4.79 Å². The summed E-state index contributed by atoms with van der Waals surface area (Å²) in [5.41, 5.74) is -0.721. The van der Waals surface area contributed by atoms with Crippen LogP contribution < -0.4 is 0 Å². The van der Waals surface area contributed by atoms with Crippen molar-refractivity contribution in [2.24, 2.45) is 5.41 Å². The lowest BCUT2D eigenvalue weighted by Gasteiger charge is -2.30. The number of aliphatic carboxylic acids is 1. The molecule has 2 aliphatic rings. The maximum atomic E-state index is 12.5. The Balaban J connectivity index is 2.00. The molecule has 1 aliphatic carbocycles. The molecule has 0 bridgehead atoms. The van der Waals surface area contributed by atoms with Gasteiger partial charge in [0.2, 0.25) is 0 Å². The standard InChI is InChI=1S/C15H26N2O3/c1-3-8-15(13(18)19)9-10-17(11-15)14(20)16(2)12-6-4-5-7-12/h12H,3-11H2,1-2H3,(H,18,19). The third-order valence-corrected chi connectivity index (χ3v) is 4.98. The van der Waals surface area contributed by atoms with Crippen LogP contribution in [-0.4, -0.2) is 53.1 Å². The van der Waals surface area contributed by atoms with Crippen molar-refractivity contribution in [2.75, 3.05) is 20.1 Å². The van der Waals surface area contributed by atoms with Gasteiger partial charge in [0, 0.05) is 26.2 Å². The van der Waals surface area contributed by atoms with Crippen LogP contribution in [0.15, 0.2) is 0 Å². The molecule has 2 fully saturated rings. The van der Waals surface area contributed by atoms with Crippen LogP contribution in [0.25, 0.3) is 0 Å². The Morgan fingerprint density at radius 2 is 2.00 bits per heavy atom. The topological polar surface area (TPSA) is 60.9 Å². The number of carbonyl (C=O) groups is 2. The van der Waals surface area contributed by atoms with Gasteiger partial charge in [0.05, 0.1) is 5.41 Å². The minimum atomic E-state index is -0.752. The van der Waals surface area contributed by atoms with Gasteiger partial charge in [0.15, 0.2) is 0 Å². The van der Waals surface area contributed by atoms with E-state index in [-0.39, 0.29) is 6.03 Å². The van der Waals surface area contributed by atoms with E-state index in [4.69, 9.17) is 0 Å². The monoisotopic (exact) mass is 282 g/mol. The quantitative estimate of drug-likeness (QED) is 0.862. The lowest BCUT2D eigenvalue weighted by atomic mass is 9.83. The highest BCUT2D eigenvalue weighted by Crippen LogP contribution is 2.36. The second kappa shape index (κ2) is 6.02. The number of hydrogen-bond donors (Lipinski definition) is 1. The molecule has 1 saturated heterocycles. The Morgan fingerprint density at radius 3 is 2.55 bits per heavy atom. The number of hydrogen-bond acceptors (Lipinski definition) is 2. The van der Waals surface area contributed by atoms with Gasteiger partial charge in [-0.1, -0.05) is 26.2 Å². The highest BCUT2D eigenvalue weighted by Gasteiger charge is 2.46. The van der Waals surface area contributed by atoms with Crippen LogP contribution in [0.1, 0.15) is 51.9 Å². The number of likely N-dealkylation sites (tertiary alicyclic amines) is 1. The smallest absolute Gasteiger partial charge is 0.320 e. The molecule has 20 heavy (non-hydrogen) atoms. The summed E-state index contributed by atoms with van der Waals surface area (Å²) >= 11 is 0. The fraction of sp³-hybridized carbons (Fsp3) is 0.867. The molecule has 5 nitrogen and oxygen atoms in total. The third kappa shape index (κ3) is 2.76. The van der Waals surface area contributed by atoms with Gasteiger partial charge >= 0.3 is 12.0 Å². The summed E-state index contributed by atoms with van der Waals surface area (Å²) < 4.78 is 0. The van der Waals surface area contributed by atoms with E-state index in [1.807, 2.05) is 18.9 Å². The predicted molar refractivity (Wildman–Crippen MR) is 76.6 cm³/mol. The van der Waals surface area contributed by atoms with Crippen LogP contribution in [0.3, 0.4) is 0 Å². The van der Waals surface area contributed by atoms with E-state index in [1.54, 1.807) is 4.90 Å². The number of carbonyl (C=O) groups excluding carboxylic acids is 1. The Morgan fingerprint density at radius 1 is 1.35 bits per heavy atom. The number of urea groups is 1. The highest BCUT2D eigenvalue weighted by atomic mass is 16.4. The van der Waals surface area contributed by atoms with Crippen molar-refractivity contribution in [1.29, 1.82) is 0 Å². The number of rotatable bonds is 4. The molecule has 114 valence electrons. The molecular formula is C15H26N2O3. The van der Waals surface area contributed by atoms with Crippen molar-refractivity contribution in [2.45, 2.75) is 57.9 Å². The van der Waals surface area contributed by atoms with Crippen molar-refractivity contribution in [3.8, 4) is 0 Å². The molecule has 2 rings (SSSR count). The first-order valence-electron chi connectivity index (χ1n) is 7.75. The van der Waals surface area contributed by atoms with E-state index < -0.39 is 11.4 Å². The average molecular weight is 282 g/mol. The van der Waals surface area contributed by atoms with Gasteiger partial charge < -0.3 is 14.9 Å². The molecule has 0 spiro atoms. The van der Waals surface area contributed by atoms with Crippen LogP contribution in [0.4, 0.5) is 4.79 Å². The largest absolute Gasteiger partial charge is 0.481 e. The molecule has 1 N–H and O–H groups in total. The molecule has 1 aliphatic heterocycles. The Bertz CT molecular complexity index is 379. The van der Waals surface area contributed by atoms with E-state index in [9.17, 15) is 14.7 Å². The Kier molecular flexibility index (Phi) is 4.55. The minimum Gasteiger partial charge on any atom is -0.481 e. The first kappa shape index (κ1) is 15.1. The summed E-state index contributed by atoms with van der Waals surface area (Å²) in [5, 5.41) is 9.49. The zero-order chi connectivity index (χ0) is 14.8. The molecule has 0 aromatic carbocycles. The third-order valence-electron chi connectivity index (χ3n) is 4.98. The molecule has 1 heterocycles. The van der Waals surface area contributed by atoms with Crippen LogP contribution in [0, 0.1) is 5.41 Å². The van der Waals surface area contributed by atoms with Gasteiger partial charge in [-0.15, -0.1) is 0 Å². The molecule has 0 radical (unpaired) electrons. The van der Waals surface area contributed by atoms with Crippen molar-refractivity contribution >= 4 is 12.0 Å². The first-order chi connectivity index (χ1) is 9.50. The zero-order valence-electron chi connectivity index (χ0n) is 12.6. The van der Waals surface area contributed by atoms with E-state index in [0.717, 1.165) is 19.3 Å². The molecule has 0 aromatic rings. The number of nitrogens with zero attached hydrogens (tertiary/aromatic N) is 2. The number of amides is 2. The molecule has 1 unspecified atom stereocenters. The Hall–Kier alpha value is -1.26. The SMILES string of the molecule is CCCC1(C(=O)O)CCN(C(=O)N(C)C2CCCC2)C1. The molecule has 0 aromatic heterocycles. The molecular weight excluding hydrogens is 256 g/mol. The van der Waals surface area contributed by atoms with Crippen molar-refractivity contribution in [3.05, 3.63) is 0 Å². The molecule has 5 heteroatoms. The first-order valence-corrected chi connectivity index (χ1v) is 7.75. The number of carboxylic acid groups (broad SMARTS) is 1. The average Bonchev–Trinajstić information content (AvgIpc) is 3.07. The lowest BCUT2D eigenvalue weighted by molar-refractivity contribution is -0.148. The summed E-state index contributed by atoms with van der Waals surface area (Å²) in [7, 11) is 1.86. The summed E-state index contributed by atoms with van der Waals surface area (Å²) in [6.45, 7) is 2.94. The van der Waals surface area contributed by atoms with Crippen LogP contribution in [-0.2, 0) is 4.79 Å². The van der Waals surface area contributed by atoms with Crippen molar-refractivity contribution < 1.29 is 14.7 Å². The summed E-state index contributed by atoms with van der Waals surface area (Å²) in [6, 6.07) is 0.352. The van der Waals surface area contributed by atoms with Crippen LogP contribution in [0.2, 0.25) is 0 Å². The van der Waals surface area contributed by atoms with E-state index in [2.05, 4.69) is 0 Å². The highest BCUT2D eigenvalue weighted by molar-refractivity contribution is 5.80. The van der Waals surface area contributed by atoms with Crippen LogP contribution >= 0.6 is 0 Å². The van der Waals surface area contributed by atoms with Gasteiger partial charge in [-0.25, -0.2) is 4.79 Å². The fourth-order valence-corrected chi connectivity index (χ4v) is 3.67. The van der Waals surface area contributed by atoms with E-state index >= 15 is 0 Å². The normalized spacial score (nSPS) is 27.0. The zero-order valence-corrected chi connectivity index (χ0v) is 12.6. The summed E-state index contributed by atoms with van der Waals surface area (Å²) in [6.07, 6.45) is 6.62. The van der Waals surface area contributed by atoms with Crippen LogP contribution in [0.5, 0.6) is 0 Å². The molecule has 1 saturated carbocycles. The molecule has 2 amide bonds. The van der Waals surface area contributed by atoms with Crippen molar-refractivity contribution in [3.63, 3.8) is 0 Å². The van der Waals surface area contributed by atoms with Crippen molar-refractivity contribution in [1.82, 2.24) is 9.80 Å². The second-order valence-corrected chi connectivity index (χ2v) is 6.34. The Labute approximate surface area is 120 Å². The maximum Gasteiger partial charge on any atom is 0.320 e. The van der Waals surface area contributed by atoms with Gasteiger partial charge in [-0.2, -0.15) is 0 Å².